The van der Waals surface area contributed by atoms with Gasteiger partial charge < -0.3 is 5.32 Å². The third-order valence-corrected chi connectivity index (χ3v) is 3.38. The molecule has 2 atom stereocenters. The van der Waals surface area contributed by atoms with E-state index in [1.165, 1.54) is 5.56 Å². The molecule has 1 saturated heterocycles. The van der Waals surface area contributed by atoms with Crippen LogP contribution in [0.1, 0.15) is 25.1 Å². The lowest BCUT2D eigenvalue weighted by molar-refractivity contribution is 0.138. The van der Waals surface area contributed by atoms with E-state index in [9.17, 15) is 0 Å². The number of rotatable bonds is 2. The highest BCUT2D eigenvalue weighted by Gasteiger charge is 2.23. The standard InChI is InChI=1S/C12H22N4/c1-9-6-16(10(2)5-13-9)8-12-7-15(4)14-11(12)3/h7,9-10,13H,5-6,8H2,1-4H3. The van der Waals surface area contributed by atoms with Crippen molar-refractivity contribution in [3.05, 3.63) is 17.5 Å². The van der Waals surface area contributed by atoms with E-state index in [4.69, 9.17) is 0 Å². The normalized spacial score (nSPS) is 27.2. The van der Waals surface area contributed by atoms with E-state index in [1.807, 2.05) is 11.7 Å². The molecule has 0 saturated carbocycles. The van der Waals surface area contributed by atoms with Gasteiger partial charge in [0.2, 0.25) is 0 Å². The topological polar surface area (TPSA) is 33.1 Å². The maximum Gasteiger partial charge on any atom is 0.0638 e. The molecule has 4 heteroatoms. The summed E-state index contributed by atoms with van der Waals surface area (Å²) in [7, 11) is 1.99. The molecule has 1 fully saturated rings. The van der Waals surface area contributed by atoms with Gasteiger partial charge in [-0.25, -0.2) is 0 Å². The monoisotopic (exact) mass is 222 g/mol. The third kappa shape index (κ3) is 2.44. The summed E-state index contributed by atoms with van der Waals surface area (Å²) in [4.78, 5) is 2.53. The van der Waals surface area contributed by atoms with E-state index >= 15 is 0 Å². The average Bonchev–Trinajstić information content (AvgIpc) is 2.51. The van der Waals surface area contributed by atoms with Gasteiger partial charge in [-0.1, -0.05) is 0 Å². The molecular weight excluding hydrogens is 200 g/mol. The van der Waals surface area contributed by atoms with Crippen molar-refractivity contribution in [2.24, 2.45) is 7.05 Å². The first-order chi connectivity index (χ1) is 7.56. The Morgan fingerprint density at radius 3 is 2.88 bits per heavy atom. The number of nitrogens with one attached hydrogen (secondary N) is 1. The van der Waals surface area contributed by atoms with Crippen molar-refractivity contribution in [3.63, 3.8) is 0 Å². The molecule has 1 aromatic rings. The first kappa shape index (κ1) is 11.6. The van der Waals surface area contributed by atoms with Crippen LogP contribution in [-0.2, 0) is 13.6 Å². The van der Waals surface area contributed by atoms with Gasteiger partial charge >= 0.3 is 0 Å². The minimum Gasteiger partial charge on any atom is -0.311 e. The SMILES string of the molecule is Cc1nn(C)cc1CN1CC(C)NCC1C. The van der Waals surface area contributed by atoms with E-state index in [2.05, 4.69) is 42.3 Å². The summed E-state index contributed by atoms with van der Waals surface area (Å²) in [6.45, 7) is 9.84. The third-order valence-electron chi connectivity index (χ3n) is 3.38. The van der Waals surface area contributed by atoms with Gasteiger partial charge in [0.15, 0.2) is 0 Å². The Hall–Kier alpha value is -0.870. The highest BCUT2D eigenvalue weighted by atomic mass is 15.3. The second-order valence-electron chi connectivity index (χ2n) is 5.00. The van der Waals surface area contributed by atoms with Crippen molar-refractivity contribution in [2.75, 3.05) is 13.1 Å². The minimum absolute atomic E-state index is 0.591. The van der Waals surface area contributed by atoms with Crippen LogP contribution in [0.15, 0.2) is 6.20 Å². The van der Waals surface area contributed by atoms with Crippen LogP contribution in [0.3, 0.4) is 0 Å². The van der Waals surface area contributed by atoms with Crippen LogP contribution in [0.2, 0.25) is 0 Å². The van der Waals surface area contributed by atoms with E-state index in [0.717, 1.165) is 25.3 Å². The molecule has 0 bridgehead atoms. The number of hydrogen-bond acceptors (Lipinski definition) is 3. The van der Waals surface area contributed by atoms with Crippen molar-refractivity contribution >= 4 is 0 Å². The average molecular weight is 222 g/mol. The molecule has 90 valence electrons. The number of hydrogen-bond donors (Lipinski definition) is 1. The zero-order valence-corrected chi connectivity index (χ0v) is 10.7. The second kappa shape index (κ2) is 4.55. The largest absolute Gasteiger partial charge is 0.311 e. The van der Waals surface area contributed by atoms with Gasteiger partial charge in [0.25, 0.3) is 0 Å². The number of aromatic nitrogens is 2. The number of nitrogens with zero attached hydrogens (tertiary/aromatic N) is 3. The zero-order chi connectivity index (χ0) is 11.7. The fourth-order valence-corrected chi connectivity index (χ4v) is 2.34. The Bertz CT molecular complexity index is 358. The van der Waals surface area contributed by atoms with Gasteiger partial charge in [0.05, 0.1) is 5.69 Å². The van der Waals surface area contributed by atoms with Crippen LogP contribution in [0, 0.1) is 6.92 Å². The first-order valence-electron chi connectivity index (χ1n) is 6.03. The van der Waals surface area contributed by atoms with Crippen molar-refractivity contribution in [1.82, 2.24) is 20.0 Å². The summed E-state index contributed by atoms with van der Waals surface area (Å²) in [5.41, 5.74) is 2.50. The van der Waals surface area contributed by atoms with Crippen molar-refractivity contribution < 1.29 is 0 Å². The van der Waals surface area contributed by atoms with Crippen LogP contribution in [0.25, 0.3) is 0 Å². The number of aryl methyl sites for hydroxylation is 2. The van der Waals surface area contributed by atoms with Crippen molar-refractivity contribution in [3.8, 4) is 0 Å². The lowest BCUT2D eigenvalue weighted by Gasteiger charge is -2.37. The second-order valence-corrected chi connectivity index (χ2v) is 5.00. The van der Waals surface area contributed by atoms with E-state index in [0.29, 0.717) is 12.1 Å². The molecular formula is C12H22N4. The van der Waals surface area contributed by atoms with E-state index in [-0.39, 0.29) is 0 Å². The predicted octanol–water partition coefficient (Wildman–Crippen LogP) is 0.911. The summed E-state index contributed by atoms with van der Waals surface area (Å²) in [6.07, 6.45) is 2.13. The summed E-state index contributed by atoms with van der Waals surface area (Å²) < 4.78 is 1.90. The highest BCUT2D eigenvalue weighted by Crippen LogP contribution is 2.14. The van der Waals surface area contributed by atoms with Gasteiger partial charge in [-0.2, -0.15) is 5.10 Å². The molecule has 16 heavy (non-hydrogen) atoms. The van der Waals surface area contributed by atoms with Crippen LogP contribution in [0.5, 0.6) is 0 Å². The Morgan fingerprint density at radius 1 is 1.50 bits per heavy atom. The first-order valence-corrected chi connectivity index (χ1v) is 6.03. The zero-order valence-electron chi connectivity index (χ0n) is 10.7. The van der Waals surface area contributed by atoms with Crippen molar-refractivity contribution in [1.29, 1.82) is 0 Å². The molecule has 1 aliphatic heterocycles. The van der Waals surface area contributed by atoms with Gasteiger partial charge in [-0.15, -0.1) is 0 Å². The van der Waals surface area contributed by atoms with Gasteiger partial charge in [-0.05, 0) is 20.8 Å². The lowest BCUT2D eigenvalue weighted by atomic mass is 10.1. The molecule has 0 radical (unpaired) electrons. The fourth-order valence-electron chi connectivity index (χ4n) is 2.34. The number of piperazine rings is 1. The molecule has 1 N–H and O–H groups in total. The molecule has 2 unspecified atom stereocenters. The molecule has 0 amide bonds. The van der Waals surface area contributed by atoms with E-state index < -0.39 is 0 Å². The Balaban J connectivity index is 2.05. The van der Waals surface area contributed by atoms with E-state index in [1.54, 1.807) is 0 Å². The summed E-state index contributed by atoms with van der Waals surface area (Å²) in [6, 6.07) is 1.20. The fraction of sp³-hybridized carbons (Fsp3) is 0.750. The Kier molecular flexibility index (Phi) is 3.30. The molecule has 1 aliphatic rings. The summed E-state index contributed by atoms with van der Waals surface area (Å²) >= 11 is 0. The predicted molar refractivity (Wildman–Crippen MR) is 65.3 cm³/mol. The maximum atomic E-state index is 4.39. The maximum absolute atomic E-state index is 4.39. The van der Waals surface area contributed by atoms with Crippen LogP contribution in [-0.4, -0.2) is 39.9 Å². The summed E-state index contributed by atoms with van der Waals surface area (Å²) in [5, 5.41) is 7.90. The Labute approximate surface area is 97.6 Å². The van der Waals surface area contributed by atoms with Gasteiger partial charge in [0, 0.05) is 50.5 Å². The quantitative estimate of drug-likeness (QED) is 0.807. The lowest BCUT2D eigenvalue weighted by Crippen LogP contribution is -2.53. The minimum atomic E-state index is 0.591. The smallest absolute Gasteiger partial charge is 0.0638 e. The van der Waals surface area contributed by atoms with Crippen molar-refractivity contribution in [2.45, 2.75) is 39.4 Å². The van der Waals surface area contributed by atoms with Crippen LogP contribution >= 0.6 is 0 Å². The van der Waals surface area contributed by atoms with Crippen LogP contribution < -0.4 is 5.32 Å². The molecule has 1 aromatic heterocycles. The molecule has 4 nitrogen and oxygen atoms in total. The van der Waals surface area contributed by atoms with Gasteiger partial charge in [0.1, 0.15) is 0 Å². The molecule has 0 aromatic carbocycles. The summed E-state index contributed by atoms with van der Waals surface area (Å²) in [5.74, 6) is 0. The molecule has 2 rings (SSSR count). The highest BCUT2D eigenvalue weighted by molar-refractivity contribution is 5.15. The molecule has 0 spiro atoms. The van der Waals surface area contributed by atoms with Gasteiger partial charge in [-0.3, -0.25) is 9.58 Å². The molecule has 2 heterocycles. The molecule has 0 aliphatic carbocycles. The Morgan fingerprint density at radius 2 is 2.25 bits per heavy atom. The van der Waals surface area contributed by atoms with Crippen LogP contribution in [0.4, 0.5) is 0 Å².